The Balaban J connectivity index is 1.28. The molecule has 2 atom stereocenters. The number of fused-ring (bicyclic) bond motifs is 2. The highest BCUT2D eigenvalue weighted by Crippen LogP contribution is 2.32. The molecular formula is C23H28N6O3S. The van der Waals surface area contributed by atoms with Crippen LogP contribution in [0.1, 0.15) is 20.9 Å². The van der Waals surface area contributed by atoms with Gasteiger partial charge in [0.1, 0.15) is 27.6 Å². The standard InChI is InChI=1S/C23H28N6O3S/c1-13-9-26-20-19(24)21(33-23(20)27-13)22(30)28-15-7-14-3-4-16(8-18(14)32-12-15)29-6-5-25-10-17(11-29)31-2/h3-4,8-9,15,17,25H,5-7,10-12,24H2,1-2H3,(H,28,30)/t15-,17?/m1/s1. The number of benzene rings is 1. The summed E-state index contributed by atoms with van der Waals surface area (Å²) in [7, 11) is 1.75. The molecule has 1 saturated heterocycles. The third-order valence-electron chi connectivity index (χ3n) is 6.11. The van der Waals surface area contributed by atoms with E-state index in [0.717, 1.165) is 48.9 Å². The Labute approximate surface area is 196 Å². The zero-order valence-electron chi connectivity index (χ0n) is 18.8. The minimum absolute atomic E-state index is 0.136. The number of nitrogens with one attached hydrogen (secondary N) is 2. The fourth-order valence-corrected chi connectivity index (χ4v) is 5.31. The molecule has 0 radical (unpaired) electrons. The summed E-state index contributed by atoms with van der Waals surface area (Å²) in [4.78, 5) is 25.1. The summed E-state index contributed by atoms with van der Waals surface area (Å²) in [5.74, 6) is 0.653. The lowest BCUT2D eigenvalue weighted by Gasteiger charge is -2.29. The van der Waals surface area contributed by atoms with Crippen LogP contribution in [0.4, 0.5) is 11.4 Å². The molecular weight excluding hydrogens is 440 g/mol. The molecule has 10 heteroatoms. The summed E-state index contributed by atoms with van der Waals surface area (Å²) in [6.45, 7) is 5.79. The number of nitrogens with two attached hydrogens (primary N) is 1. The predicted octanol–water partition coefficient (Wildman–Crippen LogP) is 1.74. The van der Waals surface area contributed by atoms with Gasteiger partial charge in [-0.2, -0.15) is 0 Å². The van der Waals surface area contributed by atoms with Crippen molar-refractivity contribution < 1.29 is 14.3 Å². The summed E-state index contributed by atoms with van der Waals surface area (Å²) in [5.41, 5.74) is 10.1. The van der Waals surface area contributed by atoms with Crippen LogP contribution in [0.3, 0.4) is 0 Å². The second kappa shape index (κ2) is 9.12. The van der Waals surface area contributed by atoms with Gasteiger partial charge in [0, 0.05) is 51.2 Å². The fraction of sp³-hybridized carbons (Fsp3) is 0.435. The number of ether oxygens (including phenoxy) is 2. The number of hydrogen-bond donors (Lipinski definition) is 3. The van der Waals surface area contributed by atoms with E-state index >= 15 is 0 Å². The smallest absolute Gasteiger partial charge is 0.263 e. The van der Waals surface area contributed by atoms with Gasteiger partial charge >= 0.3 is 0 Å². The van der Waals surface area contributed by atoms with Crippen molar-refractivity contribution in [2.24, 2.45) is 0 Å². The second-order valence-corrected chi connectivity index (χ2v) is 9.49. The summed E-state index contributed by atoms with van der Waals surface area (Å²) < 4.78 is 11.6. The molecule has 3 aromatic rings. The minimum Gasteiger partial charge on any atom is -0.491 e. The van der Waals surface area contributed by atoms with E-state index in [9.17, 15) is 4.79 Å². The van der Waals surface area contributed by atoms with Crippen LogP contribution in [0.25, 0.3) is 10.3 Å². The van der Waals surface area contributed by atoms with E-state index in [1.165, 1.54) is 11.3 Å². The summed E-state index contributed by atoms with van der Waals surface area (Å²) in [5, 5.41) is 6.48. The first-order valence-electron chi connectivity index (χ1n) is 11.1. The number of carbonyl (C=O) groups is 1. The van der Waals surface area contributed by atoms with Crippen LogP contribution < -0.4 is 26.0 Å². The topological polar surface area (TPSA) is 115 Å². The van der Waals surface area contributed by atoms with Crippen LogP contribution in [0, 0.1) is 6.92 Å². The van der Waals surface area contributed by atoms with Gasteiger partial charge < -0.3 is 30.7 Å². The number of amides is 1. The highest BCUT2D eigenvalue weighted by Gasteiger charge is 2.26. The molecule has 2 aliphatic rings. The van der Waals surface area contributed by atoms with Crippen molar-refractivity contribution in [2.45, 2.75) is 25.5 Å². The number of carbonyl (C=O) groups excluding carboxylic acids is 1. The first-order valence-corrected chi connectivity index (χ1v) is 11.9. The number of anilines is 2. The van der Waals surface area contributed by atoms with Crippen molar-refractivity contribution in [3.63, 3.8) is 0 Å². The highest BCUT2D eigenvalue weighted by molar-refractivity contribution is 7.21. The Bertz CT molecular complexity index is 1180. The largest absolute Gasteiger partial charge is 0.491 e. The summed E-state index contributed by atoms with van der Waals surface area (Å²) in [6, 6.07) is 6.17. The maximum absolute atomic E-state index is 12.9. The molecule has 1 aromatic carbocycles. The van der Waals surface area contributed by atoms with Gasteiger partial charge in [-0.1, -0.05) is 6.07 Å². The molecule has 174 valence electrons. The van der Waals surface area contributed by atoms with E-state index in [-0.39, 0.29) is 18.1 Å². The van der Waals surface area contributed by atoms with Crippen LogP contribution in [0.15, 0.2) is 24.4 Å². The number of thiophene rings is 1. The van der Waals surface area contributed by atoms with Gasteiger partial charge in [0.2, 0.25) is 0 Å². The molecule has 0 aliphatic carbocycles. The Hall–Kier alpha value is -2.95. The van der Waals surface area contributed by atoms with Crippen LogP contribution in [-0.4, -0.2) is 67.9 Å². The number of nitrogen functional groups attached to an aromatic ring is 1. The first-order chi connectivity index (χ1) is 16.0. The SMILES string of the molecule is COC1CNCCN(c2ccc3c(c2)OC[C@H](NC(=O)c2sc4nc(C)cnc4c2N)C3)C1. The lowest BCUT2D eigenvalue weighted by atomic mass is 10.0. The Morgan fingerprint density at radius 3 is 3.15 bits per heavy atom. The number of nitrogens with zero attached hydrogens (tertiary/aromatic N) is 3. The molecule has 0 saturated carbocycles. The van der Waals surface area contributed by atoms with Gasteiger partial charge in [0.05, 0.1) is 23.5 Å². The normalized spacial score (nSPS) is 20.7. The molecule has 5 rings (SSSR count). The van der Waals surface area contributed by atoms with E-state index in [1.807, 2.05) is 6.92 Å². The minimum atomic E-state index is -0.216. The van der Waals surface area contributed by atoms with Crippen molar-refractivity contribution >= 4 is 39.0 Å². The Morgan fingerprint density at radius 1 is 1.42 bits per heavy atom. The lowest BCUT2D eigenvalue weighted by molar-refractivity contribution is 0.0920. The van der Waals surface area contributed by atoms with Crippen molar-refractivity contribution in [3.05, 3.63) is 40.5 Å². The number of rotatable bonds is 4. The highest BCUT2D eigenvalue weighted by atomic mass is 32.1. The molecule has 1 amide bonds. The zero-order chi connectivity index (χ0) is 22.9. The fourth-order valence-electron chi connectivity index (χ4n) is 4.31. The van der Waals surface area contributed by atoms with E-state index in [1.54, 1.807) is 13.3 Å². The quantitative estimate of drug-likeness (QED) is 0.531. The van der Waals surface area contributed by atoms with E-state index in [2.05, 4.69) is 43.7 Å². The zero-order valence-corrected chi connectivity index (χ0v) is 19.6. The Kier molecular flexibility index (Phi) is 6.05. The van der Waals surface area contributed by atoms with Gasteiger partial charge in [0.15, 0.2) is 0 Å². The molecule has 1 fully saturated rings. The van der Waals surface area contributed by atoms with E-state index in [4.69, 9.17) is 15.2 Å². The van der Waals surface area contributed by atoms with Crippen LogP contribution in [-0.2, 0) is 11.2 Å². The maximum Gasteiger partial charge on any atom is 0.263 e. The third-order valence-corrected chi connectivity index (χ3v) is 7.20. The molecule has 0 spiro atoms. The average molecular weight is 469 g/mol. The molecule has 4 N–H and O–H groups in total. The van der Waals surface area contributed by atoms with Gasteiger partial charge in [0.25, 0.3) is 5.91 Å². The van der Waals surface area contributed by atoms with E-state index < -0.39 is 0 Å². The van der Waals surface area contributed by atoms with E-state index in [0.29, 0.717) is 33.9 Å². The number of aryl methyl sites for hydroxylation is 1. The van der Waals surface area contributed by atoms with Crippen LogP contribution in [0.2, 0.25) is 0 Å². The molecule has 0 bridgehead atoms. The first kappa shape index (κ1) is 21.9. The molecule has 2 aliphatic heterocycles. The molecule has 2 aromatic heterocycles. The molecule has 4 heterocycles. The number of aromatic nitrogens is 2. The van der Waals surface area contributed by atoms with Crippen molar-refractivity contribution in [1.82, 2.24) is 20.6 Å². The van der Waals surface area contributed by atoms with Crippen molar-refractivity contribution in [2.75, 3.05) is 50.5 Å². The van der Waals surface area contributed by atoms with Crippen LogP contribution in [0.5, 0.6) is 5.75 Å². The predicted molar refractivity (Wildman–Crippen MR) is 129 cm³/mol. The molecule has 9 nitrogen and oxygen atoms in total. The Morgan fingerprint density at radius 2 is 2.30 bits per heavy atom. The summed E-state index contributed by atoms with van der Waals surface area (Å²) in [6.07, 6.45) is 2.51. The van der Waals surface area contributed by atoms with Gasteiger partial charge in [-0.3, -0.25) is 4.79 Å². The maximum atomic E-state index is 12.9. The molecule has 33 heavy (non-hydrogen) atoms. The third kappa shape index (κ3) is 4.46. The second-order valence-electron chi connectivity index (χ2n) is 8.50. The number of hydrogen-bond acceptors (Lipinski definition) is 9. The lowest BCUT2D eigenvalue weighted by Crippen LogP contribution is -2.42. The van der Waals surface area contributed by atoms with Crippen molar-refractivity contribution in [3.8, 4) is 5.75 Å². The average Bonchev–Trinajstić information content (AvgIpc) is 2.98. The summed E-state index contributed by atoms with van der Waals surface area (Å²) >= 11 is 1.27. The monoisotopic (exact) mass is 468 g/mol. The van der Waals surface area contributed by atoms with Gasteiger partial charge in [-0.15, -0.1) is 11.3 Å². The van der Waals surface area contributed by atoms with Gasteiger partial charge in [-0.05, 0) is 25.0 Å². The van der Waals surface area contributed by atoms with Crippen molar-refractivity contribution in [1.29, 1.82) is 0 Å². The number of methoxy groups -OCH3 is 1. The molecule has 1 unspecified atom stereocenters. The van der Waals surface area contributed by atoms with Crippen LogP contribution >= 0.6 is 11.3 Å². The van der Waals surface area contributed by atoms with Gasteiger partial charge in [-0.25, -0.2) is 9.97 Å².